The topological polar surface area (TPSA) is 32.3 Å². The normalized spacial score (nSPS) is 26.0. The Kier molecular flexibility index (Phi) is 4.54. The minimum atomic E-state index is -0.253. The predicted octanol–water partition coefficient (Wildman–Crippen LogP) is 2.50. The van der Waals surface area contributed by atoms with Gasteiger partial charge < -0.3 is 10.2 Å². The minimum Gasteiger partial charge on any atom is -0.338 e. The summed E-state index contributed by atoms with van der Waals surface area (Å²) in [5, 5.41) is 3.54. The first kappa shape index (κ1) is 14.5. The van der Waals surface area contributed by atoms with E-state index in [1.165, 1.54) is 31.4 Å². The van der Waals surface area contributed by atoms with Crippen molar-refractivity contribution in [1.82, 2.24) is 10.2 Å². The highest BCUT2D eigenvalue weighted by Crippen LogP contribution is 2.25. The highest BCUT2D eigenvalue weighted by atomic mass is 19.1. The third kappa shape index (κ3) is 3.43. The zero-order valence-corrected chi connectivity index (χ0v) is 12.4. The summed E-state index contributed by atoms with van der Waals surface area (Å²) in [5.41, 5.74) is 0.894. The summed E-state index contributed by atoms with van der Waals surface area (Å²) in [4.78, 5) is 14.7. The SMILES string of the molecule is O=C(Cc1ccc(F)cc1)N1CCCCC1C1CCCN1. The van der Waals surface area contributed by atoms with E-state index in [-0.39, 0.29) is 11.7 Å². The van der Waals surface area contributed by atoms with E-state index in [1.807, 2.05) is 0 Å². The van der Waals surface area contributed by atoms with E-state index in [0.717, 1.165) is 31.5 Å². The quantitative estimate of drug-likeness (QED) is 0.927. The van der Waals surface area contributed by atoms with E-state index in [0.29, 0.717) is 18.5 Å². The van der Waals surface area contributed by atoms with Crippen LogP contribution in [0, 0.1) is 5.82 Å². The Morgan fingerprint density at radius 3 is 2.71 bits per heavy atom. The highest BCUT2D eigenvalue weighted by molar-refractivity contribution is 5.79. The van der Waals surface area contributed by atoms with Gasteiger partial charge in [-0.1, -0.05) is 12.1 Å². The van der Waals surface area contributed by atoms with Crippen molar-refractivity contribution in [2.75, 3.05) is 13.1 Å². The number of likely N-dealkylation sites (tertiary alicyclic amines) is 1. The molecule has 1 aromatic carbocycles. The van der Waals surface area contributed by atoms with Crippen LogP contribution in [0.3, 0.4) is 0 Å². The second kappa shape index (κ2) is 6.56. The lowest BCUT2D eigenvalue weighted by Crippen LogP contribution is -2.53. The van der Waals surface area contributed by atoms with Crippen LogP contribution < -0.4 is 5.32 Å². The fraction of sp³-hybridized carbons (Fsp3) is 0.588. The van der Waals surface area contributed by atoms with Crippen LogP contribution in [0.25, 0.3) is 0 Å². The molecule has 0 aromatic heterocycles. The second-order valence-corrected chi connectivity index (χ2v) is 6.16. The molecule has 2 saturated heterocycles. The minimum absolute atomic E-state index is 0.181. The highest BCUT2D eigenvalue weighted by Gasteiger charge is 2.33. The number of hydrogen-bond donors (Lipinski definition) is 1. The first-order valence-electron chi connectivity index (χ1n) is 8.01. The van der Waals surface area contributed by atoms with Crippen molar-refractivity contribution < 1.29 is 9.18 Å². The van der Waals surface area contributed by atoms with Gasteiger partial charge in [0.25, 0.3) is 0 Å². The number of hydrogen-bond acceptors (Lipinski definition) is 2. The van der Waals surface area contributed by atoms with Crippen LogP contribution in [0.5, 0.6) is 0 Å². The first-order chi connectivity index (χ1) is 10.2. The zero-order chi connectivity index (χ0) is 14.7. The number of carbonyl (C=O) groups excluding carboxylic acids is 1. The van der Waals surface area contributed by atoms with Crippen molar-refractivity contribution in [2.45, 2.75) is 50.6 Å². The maximum Gasteiger partial charge on any atom is 0.227 e. The standard InChI is InChI=1S/C17H23FN2O/c18-14-8-6-13(7-9-14)12-17(21)20-11-2-1-5-16(20)15-4-3-10-19-15/h6-9,15-16,19H,1-5,10-12H2. The number of rotatable bonds is 3. The molecular formula is C17H23FN2O. The molecule has 21 heavy (non-hydrogen) atoms. The number of carbonyl (C=O) groups is 1. The van der Waals surface area contributed by atoms with Crippen LogP contribution in [-0.4, -0.2) is 36.0 Å². The summed E-state index contributed by atoms with van der Waals surface area (Å²) < 4.78 is 12.9. The molecular weight excluding hydrogens is 267 g/mol. The Bertz CT molecular complexity index is 482. The number of piperidine rings is 1. The monoisotopic (exact) mass is 290 g/mol. The van der Waals surface area contributed by atoms with Gasteiger partial charge in [0.15, 0.2) is 0 Å². The summed E-state index contributed by atoms with van der Waals surface area (Å²) in [7, 11) is 0. The maximum absolute atomic E-state index is 12.9. The molecule has 0 aliphatic carbocycles. The molecule has 0 spiro atoms. The van der Waals surface area contributed by atoms with Gasteiger partial charge in [-0.05, 0) is 56.3 Å². The van der Waals surface area contributed by atoms with Crippen LogP contribution in [0.1, 0.15) is 37.7 Å². The van der Waals surface area contributed by atoms with E-state index in [9.17, 15) is 9.18 Å². The van der Waals surface area contributed by atoms with Crippen LogP contribution in [0.15, 0.2) is 24.3 Å². The number of halogens is 1. The number of amides is 1. The lowest BCUT2D eigenvalue weighted by atomic mass is 9.94. The Morgan fingerprint density at radius 2 is 2.00 bits per heavy atom. The third-order valence-electron chi connectivity index (χ3n) is 4.70. The van der Waals surface area contributed by atoms with Crippen molar-refractivity contribution in [3.05, 3.63) is 35.6 Å². The smallest absolute Gasteiger partial charge is 0.227 e. The zero-order valence-electron chi connectivity index (χ0n) is 12.4. The Balaban J connectivity index is 1.67. The molecule has 2 unspecified atom stereocenters. The maximum atomic E-state index is 12.9. The molecule has 1 aromatic rings. The van der Waals surface area contributed by atoms with Gasteiger partial charge in [-0.2, -0.15) is 0 Å². The fourth-order valence-electron chi connectivity index (χ4n) is 3.60. The summed E-state index contributed by atoms with van der Waals surface area (Å²) in [6.45, 7) is 1.93. The third-order valence-corrected chi connectivity index (χ3v) is 4.70. The van der Waals surface area contributed by atoms with Gasteiger partial charge in [-0.3, -0.25) is 4.79 Å². The van der Waals surface area contributed by atoms with Crippen LogP contribution in [-0.2, 0) is 11.2 Å². The lowest BCUT2D eigenvalue weighted by molar-refractivity contribution is -0.134. The Labute approximate surface area is 125 Å². The van der Waals surface area contributed by atoms with Gasteiger partial charge in [0, 0.05) is 18.6 Å². The molecule has 3 rings (SSSR count). The van der Waals surface area contributed by atoms with Crippen LogP contribution in [0.2, 0.25) is 0 Å². The van der Waals surface area contributed by atoms with Gasteiger partial charge in [-0.15, -0.1) is 0 Å². The predicted molar refractivity (Wildman–Crippen MR) is 80.5 cm³/mol. The molecule has 2 aliphatic heterocycles. The van der Waals surface area contributed by atoms with Crippen molar-refractivity contribution >= 4 is 5.91 Å². The average Bonchev–Trinajstić information content (AvgIpc) is 3.04. The largest absolute Gasteiger partial charge is 0.338 e. The Morgan fingerprint density at radius 1 is 1.19 bits per heavy atom. The van der Waals surface area contributed by atoms with E-state index in [4.69, 9.17) is 0 Å². The van der Waals surface area contributed by atoms with E-state index >= 15 is 0 Å². The molecule has 0 bridgehead atoms. The first-order valence-corrected chi connectivity index (χ1v) is 8.01. The van der Waals surface area contributed by atoms with Crippen molar-refractivity contribution in [2.24, 2.45) is 0 Å². The second-order valence-electron chi connectivity index (χ2n) is 6.16. The molecule has 1 N–H and O–H groups in total. The average molecular weight is 290 g/mol. The van der Waals surface area contributed by atoms with Gasteiger partial charge in [0.1, 0.15) is 5.82 Å². The summed E-state index contributed by atoms with van der Waals surface area (Å²) >= 11 is 0. The van der Waals surface area contributed by atoms with Crippen molar-refractivity contribution in [3.8, 4) is 0 Å². The summed E-state index contributed by atoms with van der Waals surface area (Å²) in [6, 6.07) is 7.07. The van der Waals surface area contributed by atoms with Crippen LogP contribution >= 0.6 is 0 Å². The molecule has 0 saturated carbocycles. The molecule has 0 radical (unpaired) electrons. The molecule has 4 heteroatoms. The van der Waals surface area contributed by atoms with Crippen LogP contribution in [0.4, 0.5) is 4.39 Å². The number of benzene rings is 1. The lowest BCUT2D eigenvalue weighted by Gasteiger charge is -2.39. The molecule has 2 fully saturated rings. The molecule has 1 amide bonds. The Hall–Kier alpha value is -1.42. The summed E-state index contributed by atoms with van der Waals surface area (Å²) in [5.74, 6) is -0.0720. The molecule has 2 aliphatic rings. The van der Waals surface area contributed by atoms with Crippen molar-refractivity contribution in [1.29, 1.82) is 0 Å². The van der Waals surface area contributed by atoms with Gasteiger partial charge >= 0.3 is 0 Å². The fourth-order valence-corrected chi connectivity index (χ4v) is 3.60. The van der Waals surface area contributed by atoms with E-state index in [2.05, 4.69) is 10.2 Å². The summed E-state index contributed by atoms with van der Waals surface area (Å²) in [6.07, 6.45) is 6.17. The molecule has 2 atom stereocenters. The van der Waals surface area contributed by atoms with Gasteiger partial charge in [0.05, 0.1) is 6.42 Å². The van der Waals surface area contributed by atoms with Crippen molar-refractivity contribution in [3.63, 3.8) is 0 Å². The molecule has 3 nitrogen and oxygen atoms in total. The number of nitrogens with zero attached hydrogens (tertiary/aromatic N) is 1. The van der Waals surface area contributed by atoms with E-state index in [1.54, 1.807) is 12.1 Å². The molecule has 114 valence electrons. The van der Waals surface area contributed by atoms with Gasteiger partial charge in [0.2, 0.25) is 5.91 Å². The van der Waals surface area contributed by atoms with E-state index < -0.39 is 0 Å². The van der Waals surface area contributed by atoms with Gasteiger partial charge in [-0.25, -0.2) is 4.39 Å². The number of nitrogens with one attached hydrogen (secondary N) is 1. The molecule has 2 heterocycles.